The molecule has 1 aromatic rings. The number of nitrogens with two attached hydrogens (primary N) is 1. The van der Waals surface area contributed by atoms with Crippen molar-refractivity contribution in [1.29, 1.82) is 0 Å². The van der Waals surface area contributed by atoms with Crippen molar-refractivity contribution in [3.05, 3.63) is 28.0 Å². The summed E-state index contributed by atoms with van der Waals surface area (Å²) in [6, 6.07) is 2.97. The van der Waals surface area contributed by atoms with Crippen LogP contribution in [0.1, 0.15) is 24.8 Å². The molecule has 0 atom stereocenters. The van der Waals surface area contributed by atoms with Gasteiger partial charge in [-0.3, -0.25) is 0 Å². The zero-order chi connectivity index (χ0) is 11.8. The van der Waals surface area contributed by atoms with Gasteiger partial charge in [0.1, 0.15) is 11.6 Å². The summed E-state index contributed by atoms with van der Waals surface area (Å²) in [7, 11) is 1.60. The third kappa shape index (κ3) is 1.74. The van der Waals surface area contributed by atoms with Gasteiger partial charge in [-0.05, 0) is 40.9 Å². The molecule has 2 N–H and O–H groups in total. The van der Waals surface area contributed by atoms with E-state index in [-0.39, 0.29) is 11.2 Å². The first kappa shape index (κ1) is 11.9. The molecule has 0 aromatic heterocycles. The third-order valence-corrected chi connectivity index (χ3v) is 4.07. The Balaban J connectivity index is 2.53. The normalized spacial score (nSPS) is 18.0. The van der Waals surface area contributed by atoms with Crippen LogP contribution in [0.25, 0.3) is 0 Å². The molecule has 2 nitrogen and oxygen atoms in total. The lowest BCUT2D eigenvalue weighted by molar-refractivity contribution is 0.242. The summed E-state index contributed by atoms with van der Waals surface area (Å²) in [4.78, 5) is 0. The zero-order valence-electron chi connectivity index (χ0n) is 9.22. The number of rotatable bonds is 3. The van der Waals surface area contributed by atoms with Crippen molar-refractivity contribution in [2.75, 3.05) is 13.7 Å². The van der Waals surface area contributed by atoms with Crippen LogP contribution in [-0.2, 0) is 5.41 Å². The summed E-state index contributed by atoms with van der Waals surface area (Å²) in [6.45, 7) is 0.541. The highest BCUT2D eigenvalue weighted by Gasteiger charge is 2.40. The predicted molar refractivity (Wildman–Crippen MR) is 65.2 cm³/mol. The maximum Gasteiger partial charge on any atom is 0.137 e. The molecule has 0 saturated heterocycles. The molecule has 16 heavy (non-hydrogen) atoms. The molecule has 0 spiro atoms. The smallest absolute Gasteiger partial charge is 0.137 e. The first-order valence-electron chi connectivity index (χ1n) is 5.36. The molecule has 1 fully saturated rings. The van der Waals surface area contributed by atoms with E-state index in [0.717, 1.165) is 24.8 Å². The van der Waals surface area contributed by atoms with Crippen LogP contribution in [0.4, 0.5) is 4.39 Å². The van der Waals surface area contributed by atoms with Gasteiger partial charge in [-0.25, -0.2) is 4.39 Å². The van der Waals surface area contributed by atoms with E-state index in [1.807, 2.05) is 0 Å². The molecule has 0 heterocycles. The zero-order valence-corrected chi connectivity index (χ0v) is 10.8. The fourth-order valence-electron chi connectivity index (χ4n) is 2.35. The molecular formula is C12H15BrFNO. The predicted octanol–water partition coefficient (Wildman–Crippen LogP) is 2.98. The molecule has 0 radical (unpaired) electrons. The number of methoxy groups -OCH3 is 1. The molecule has 0 aliphatic heterocycles. The second-order valence-corrected chi connectivity index (χ2v) is 5.16. The van der Waals surface area contributed by atoms with Gasteiger partial charge < -0.3 is 10.5 Å². The summed E-state index contributed by atoms with van der Waals surface area (Å²) in [6.07, 6.45) is 3.17. The first-order valence-corrected chi connectivity index (χ1v) is 6.16. The maximum atomic E-state index is 13.4. The first-order chi connectivity index (χ1) is 7.63. The summed E-state index contributed by atoms with van der Waals surface area (Å²) in [5.74, 6) is 0.467. The van der Waals surface area contributed by atoms with Crippen LogP contribution in [0.2, 0.25) is 0 Å². The van der Waals surface area contributed by atoms with Gasteiger partial charge in [0.05, 0.1) is 11.6 Å². The topological polar surface area (TPSA) is 35.2 Å². The van der Waals surface area contributed by atoms with E-state index >= 15 is 0 Å². The number of halogens is 2. The lowest BCUT2D eigenvalue weighted by Crippen LogP contribution is -2.41. The minimum absolute atomic E-state index is 0.0873. The Morgan fingerprint density at radius 3 is 2.62 bits per heavy atom. The van der Waals surface area contributed by atoms with Crippen LogP contribution < -0.4 is 10.5 Å². The van der Waals surface area contributed by atoms with Gasteiger partial charge >= 0.3 is 0 Å². The SMILES string of the molecule is COc1c(Br)cc(F)cc1C1(CN)CCC1. The van der Waals surface area contributed by atoms with Crippen LogP contribution in [0.15, 0.2) is 16.6 Å². The minimum atomic E-state index is -0.248. The largest absolute Gasteiger partial charge is 0.495 e. The highest BCUT2D eigenvalue weighted by Crippen LogP contribution is 2.48. The molecule has 1 aromatic carbocycles. The highest BCUT2D eigenvalue weighted by atomic mass is 79.9. The molecule has 0 unspecified atom stereocenters. The van der Waals surface area contributed by atoms with Gasteiger partial charge in [-0.1, -0.05) is 6.42 Å². The summed E-state index contributed by atoms with van der Waals surface area (Å²) in [5, 5.41) is 0. The molecular weight excluding hydrogens is 273 g/mol. The number of hydrogen-bond donors (Lipinski definition) is 1. The Hall–Kier alpha value is -0.610. The van der Waals surface area contributed by atoms with Gasteiger partial charge in [0, 0.05) is 17.5 Å². The second-order valence-electron chi connectivity index (χ2n) is 4.31. The molecule has 4 heteroatoms. The van der Waals surface area contributed by atoms with Crippen LogP contribution in [0.3, 0.4) is 0 Å². The van der Waals surface area contributed by atoms with Gasteiger partial charge in [0.15, 0.2) is 0 Å². The molecule has 0 bridgehead atoms. The molecule has 1 aliphatic rings. The number of ether oxygens (including phenoxy) is 1. The lowest BCUT2D eigenvalue weighted by Gasteiger charge is -2.42. The quantitative estimate of drug-likeness (QED) is 0.928. The standard InChI is InChI=1S/C12H15BrFNO/c1-16-11-9(5-8(14)6-10(11)13)12(7-15)3-2-4-12/h5-6H,2-4,7,15H2,1H3. The van der Waals surface area contributed by atoms with E-state index in [4.69, 9.17) is 10.5 Å². The average molecular weight is 288 g/mol. The Kier molecular flexibility index (Phi) is 3.22. The maximum absolute atomic E-state index is 13.4. The molecule has 1 saturated carbocycles. The summed E-state index contributed by atoms with van der Waals surface area (Å²) in [5.41, 5.74) is 6.64. The number of hydrogen-bond acceptors (Lipinski definition) is 2. The Morgan fingerprint density at radius 2 is 2.19 bits per heavy atom. The van der Waals surface area contributed by atoms with E-state index in [1.165, 1.54) is 6.07 Å². The van der Waals surface area contributed by atoms with Crippen LogP contribution in [-0.4, -0.2) is 13.7 Å². The van der Waals surface area contributed by atoms with Crippen LogP contribution in [0, 0.1) is 5.82 Å². The molecule has 0 amide bonds. The van der Waals surface area contributed by atoms with Crippen molar-refractivity contribution in [1.82, 2.24) is 0 Å². The second kappa shape index (κ2) is 4.34. The Labute approximate surface area is 103 Å². The van der Waals surface area contributed by atoms with Gasteiger partial charge in [0.25, 0.3) is 0 Å². The molecule has 88 valence electrons. The molecule has 2 rings (SSSR count). The third-order valence-electron chi connectivity index (χ3n) is 3.49. The van der Waals surface area contributed by atoms with Crippen molar-refractivity contribution >= 4 is 15.9 Å². The highest BCUT2D eigenvalue weighted by molar-refractivity contribution is 9.10. The van der Waals surface area contributed by atoms with Crippen LogP contribution >= 0.6 is 15.9 Å². The van der Waals surface area contributed by atoms with Gasteiger partial charge in [-0.15, -0.1) is 0 Å². The Bertz CT molecular complexity index is 399. The summed E-state index contributed by atoms with van der Waals surface area (Å²) >= 11 is 3.33. The monoisotopic (exact) mass is 287 g/mol. The fourth-order valence-corrected chi connectivity index (χ4v) is 2.94. The van der Waals surface area contributed by atoms with Crippen LogP contribution in [0.5, 0.6) is 5.75 Å². The summed E-state index contributed by atoms with van der Waals surface area (Å²) < 4.78 is 19.4. The lowest BCUT2D eigenvalue weighted by atomic mass is 9.64. The van der Waals surface area contributed by atoms with Gasteiger partial charge in [-0.2, -0.15) is 0 Å². The van der Waals surface area contributed by atoms with E-state index in [2.05, 4.69) is 15.9 Å². The molecule has 1 aliphatic carbocycles. The van der Waals surface area contributed by atoms with Crippen molar-refractivity contribution in [3.8, 4) is 5.75 Å². The van der Waals surface area contributed by atoms with Crippen molar-refractivity contribution < 1.29 is 9.13 Å². The van der Waals surface area contributed by atoms with Crippen molar-refractivity contribution in [2.24, 2.45) is 5.73 Å². The number of benzene rings is 1. The van der Waals surface area contributed by atoms with E-state index < -0.39 is 0 Å². The Morgan fingerprint density at radius 1 is 1.50 bits per heavy atom. The fraction of sp³-hybridized carbons (Fsp3) is 0.500. The van der Waals surface area contributed by atoms with E-state index in [9.17, 15) is 4.39 Å². The van der Waals surface area contributed by atoms with Crippen molar-refractivity contribution in [3.63, 3.8) is 0 Å². The van der Waals surface area contributed by atoms with Gasteiger partial charge in [0.2, 0.25) is 0 Å². The van der Waals surface area contributed by atoms with E-state index in [1.54, 1.807) is 13.2 Å². The minimum Gasteiger partial charge on any atom is -0.495 e. The van der Waals surface area contributed by atoms with E-state index in [0.29, 0.717) is 16.8 Å². The average Bonchev–Trinajstić information content (AvgIpc) is 2.16. The van der Waals surface area contributed by atoms with Crippen molar-refractivity contribution in [2.45, 2.75) is 24.7 Å².